The molecule has 15 heavy (non-hydrogen) atoms. The van der Waals surface area contributed by atoms with E-state index in [9.17, 15) is 4.79 Å². The smallest absolute Gasteiger partial charge is 0.247 e. The summed E-state index contributed by atoms with van der Waals surface area (Å²) < 4.78 is 0. The highest BCUT2D eigenvalue weighted by atomic mass is 16.2. The maximum absolute atomic E-state index is 11.8. The van der Waals surface area contributed by atoms with Gasteiger partial charge in [0, 0.05) is 18.4 Å². The zero-order chi connectivity index (χ0) is 10.3. The normalized spacial score (nSPS) is 29.6. The molecular formula is C11H13N3O. The van der Waals surface area contributed by atoms with Gasteiger partial charge in [-0.3, -0.25) is 4.79 Å². The molecule has 78 valence electrons. The maximum Gasteiger partial charge on any atom is 0.247 e. The second-order valence-electron chi connectivity index (χ2n) is 4.10. The van der Waals surface area contributed by atoms with Crippen molar-refractivity contribution in [2.24, 2.45) is 0 Å². The molecule has 0 spiro atoms. The van der Waals surface area contributed by atoms with Gasteiger partial charge in [0.05, 0.1) is 6.04 Å². The summed E-state index contributed by atoms with van der Waals surface area (Å²) in [5.74, 6) is 1.05. The Morgan fingerprint density at radius 3 is 3.20 bits per heavy atom. The highest BCUT2D eigenvalue weighted by Gasteiger charge is 2.38. The third-order valence-corrected chi connectivity index (χ3v) is 3.26. The summed E-state index contributed by atoms with van der Waals surface area (Å²) in [6.07, 6.45) is 10.3. The predicted octanol–water partition coefficient (Wildman–Crippen LogP) is 1.40. The summed E-state index contributed by atoms with van der Waals surface area (Å²) in [6.45, 7) is 0. The lowest BCUT2D eigenvalue weighted by Crippen LogP contribution is -2.38. The van der Waals surface area contributed by atoms with E-state index in [0.717, 1.165) is 25.1 Å². The van der Waals surface area contributed by atoms with Crippen molar-refractivity contribution in [1.29, 1.82) is 0 Å². The predicted molar refractivity (Wildman–Crippen MR) is 55.0 cm³/mol. The Kier molecular flexibility index (Phi) is 1.87. The second-order valence-corrected chi connectivity index (χ2v) is 4.10. The minimum Gasteiger partial charge on any atom is -0.347 e. The number of hydrogen-bond acceptors (Lipinski definition) is 2. The fraction of sp³-hybridized carbons (Fsp3) is 0.455. The monoisotopic (exact) mass is 203 g/mol. The van der Waals surface area contributed by atoms with Crippen molar-refractivity contribution in [3.05, 3.63) is 30.4 Å². The van der Waals surface area contributed by atoms with Gasteiger partial charge in [0.1, 0.15) is 5.82 Å². The van der Waals surface area contributed by atoms with Gasteiger partial charge in [-0.05, 0) is 25.3 Å². The summed E-state index contributed by atoms with van der Waals surface area (Å²) in [5.41, 5.74) is 0. The van der Waals surface area contributed by atoms with Crippen LogP contribution in [0.3, 0.4) is 0 Å². The summed E-state index contributed by atoms with van der Waals surface area (Å²) in [5, 5.41) is 0. The lowest BCUT2D eigenvalue weighted by Gasteiger charge is -2.30. The number of fused-ring (bicyclic) bond motifs is 1. The molecule has 4 heteroatoms. The minimum absolute atomic E-state index is 0.130. The Balaban J connectivity index is 1.93. The number of carbonyl (C=O) groups excluding carboxylic acids is 1. The van der Waals surface area contributed by atoms with Gasteiger partial charge in [0.25, 0.3) is 0 Å². The topological polar surface area (TPSA) is 49.0 Å². The number of rotatable bonds is 1. The van der Waals surface area contributed by atoms with Crippen LogP contribution in [0.5, 0.6) is 0 Å². The summed E-state index contributed by atoms with van der Waals surface area (Å²) >= 11 is 0. The van der Waals surface area contributed by atoms with Gasteiger partial charge in [-0.2, -0.15) is 0 Å². The highest BCUT2D eigenvalue weighted by Crippen LogP contribution is 2.37. The van der Waals surface area contributed by atoms with Crippen molar-refractivity contribution >= 4 is 5.91 Å². The summed E-state index contributed by atoms with van der Waals surface area (Å²) in [4.78, 5) is 21.1. The molecule has 2 atom stereocenters. The SMILES string of the molecule is O=C1C=CCC2CCC(c3ncc[nH]3)N12. The van der Waals surface area contributed by atoms with Gasteiger partial charge < -0.3 is 9.88 Å². The number of carbonyl (C=O) groups is 1. The number of H-pyrrole nitrogens is 1. The lowest BCUT2D eigenvalue weighted by atomic mass is 10.1. The van der Waals surface area contributed by atoms with Gasteiger partial charge >= 0.3 is 0 Å². The van der Waals surface area contributed by atoms with Crippen molar-refractivity contribution in [3.63, 3.8) is 0 Å². The molecule has 4 nitrogen and oxygen atoms in total. The van der Waals surface area contributed by atoms with Gasteiger partial charge in [-0.15, -0.1) is 0 Å². The van der Waals surface area contributed by atoms with Crippen molar-refractivity contribution in [1.82, 2.24) is 14.9 Å². The first-order valence-corrected chi connectivity index (χ1v) is 5.34. The molecule has 1 saturated heterocycles. The Bertz CT molecular complexity index is 396. The van der Waals surface area contributed by atoms with E-state index in [-0.39, 0.29) is 11.9 Å². The first-order valence-electron chi connectivity index (χ1n) is 5.34. The molecule has 1 aromatic rings. The molecule has 1 aromatic heterocycles. The van der Waals surface area contributed by atoms with Crippen LogP contribution in [-0.4, -0.2) is 26.8 Å². The van der Waals surface area contributed by atoms with E-state index >= 15 is 0 Å². The average Bonchev–Trinajstić information content (AvgIpc) is 2.85. The molecule has 1 amide bonds. The molecule has 2 unspecified atom stereocenters. The molecule has 1 N–H and O–H groups in total. The average molecular weight is 203 g/mol. The Labute approximate surface area is 88.0 Å². The molecule has 0 aromatic carbocycles. The second kappa shape index (κ2) is 3.22. The van der Waals surface area contributed by atoms with E-state index in [2.05, 4.69) is 9.97 Å². The lowest BCUT2D eigenvalue weighted by molar-refractivity contribution is -0.129. The fourth-order valence-electron chi connectivity index (χ4n) is 2.59. The van der Waals surface area contributed by atoms with Crippen LogP contribution < -0.4 is 0 Å². The Morgan fingerprint density at radius 1 is 1.47 bits per heavy atom. The van der Waals surface area contributed by atoms with Crippen molar-refractivity contribution < 1.29 is 4.79 Å². The van der Waals surface area contributed by atoms with Crippen molar-refractivity contribution in [3.8, 4) is 0 Å². The first-order chi connectivity index (χ1) is 7.36. The molecule has 3 heterocycles. The largest absolute Gasteiger partial charge is 0.347 e. The molecule has 0 bridgehead atoms. The van der Waals surface area contributed by atoms with Crippen LogP contribution in [0.2, 0.25) is 0 Å². The quantitative estimate of drug-likeness (QED) is 0.750. The summed E-state index contributed by atoms with van der Waals surface area (Å²) in [7, 11) is 0. The van der Waals surface area contributed by atoms with E-state index in [1.807, 2.05) is 17.2 Å². The highest BCUT2D eigenvalue weighted by molar-refractivity contribution is 5.89. The molecule has 3 rings (SSSR count). The van der Waals surface area contributed by atoms with Crippen molar-refractivity contribution in [2.75, 3.05) is 0 Å². The standard InChI is InChI=1S/C11H13N3O/c15-10-3-1-2-8-4-5-9(14(8)10)11-12-6-7-13-11/h1,3,6-9H,2,4-5H2,(H,12,13). The van der Waals surface area contributed by atoms with Crippen LogP contribution in [0.15, 0.2) is 24.5 Å². The van der Waals surface area contributed by atoms with Crippen LogP contribution in [0, 0.1) is 0 Å². The van der Waals surface area contributed by atoms with E-state index in [1.165, 1.54) is 0 Å². The Morgan fingerprint density at radius 2 is 2.40 bits per heavy atom. The van der Waals surface area contributed by atoms with E-state index in [1.54, 1.807) is 12.3 Å². The molecule has 2 aliphatic heterocycles. The van der Waals surface area contributed by atoms with Crippen LogP contribution in [0.25, 0.3) is 0 Å². The van der Waals surface area contributed by atoms with Crippen LogP contribution in [0.1, 0.15) is 31.1 Å². The Hall–Kier alpha value is -1.58. The maximum atomic E-state index is 11.8. The number of amides is 1. The third-order valence-electron chi connectivity index (χ3n) is 3.26. The molecule has 0 saturated carbocycles. The zero-order valence-corrected chi connectivity index (χ0v) is 8.39. The van der Waals surface area contributed by atoms with Gasteiger partial charge in [-0.1, -0.05) is 6.08 Å². The van der Waals surface area contributed by atoms with E-state index in [0.29, 0.717) is 6.04 Å². The summed E-state index contributed by atoms with van der Waals surface area (Å²) in [6, 6.07) is 0.542. The first kappa shape index (κ1) is 8.71. The number of imidazole rings is 1. The molecule has 1 fully saturated rings. The number of nitrogens with one attached hydrogen (secondary N) is 1. The van der Waals surface area contributed by atoms with Crippen LogP contribution in [-0.2, 0) is 4.79 Å². The van der Waals surface area contributed by atoms with Crippen molar-refractivity contribution in [2.45, 2.75) is 31.3 Å². The molecule has 2 aliphatic rings. The molecule has 0 aliphatic carbocycles. The van der Waals surface area contributed by atoms with Crippen LogP contribution >= 0.6 is 0 Å². The van der Waals surface area contributed by atoms with E-state index in [4.69, 9.17) is 0 Å². The van der Waals surface area contributed by atoms with Crippen LogP contribution in [0.4, 0.5) is 0 Å². The molecule has 0 radical (unpaired) electrons. The third kappa shape index (κ3) is 1.28. The van der Waals surface area contributed by atoms with Gasteiger partial charge in [0.15, 0.2) is 0 Å². The number of hydrogen-bond donors (Lipinski definition) is 1. The van der Waals surface area contributed by atoms with Gasteiger partial charge in [-0.25, -0.2) is 4.98 Å². The molecular weight excluding hydrogens is 190 g/mol. The number of aromatic amines is 1. The fourth-order valence-corrected chi connectivity index (χ4v) is 2.59. The minimum atomic E-state index is 0.130. The number of aromatic nitrogens is 2. The number of nitrogens with zero attached hydrogens (tertiary/aromatic N) is 2. The van der Waals surface area contributed by atoms with Gasteiger partial charge in [0.2, 0.25) is 5.91 Å². The zero-order valence-electron chi connectivity index (χ0n) is 8.39. The van der Waals surface area contributed by atoms with E-state index < -0.39 is 0 Å².